The van der Waals surface area contributed by atoms with Crippen LogP contribution in [0.4, 0.5) is 0 Å². The molecule has 0 saturated heterocycles. The van der Waals surface area contributed by atoms with Crippen molar-refractivity contribution >= 4 is 51.8 Å². The number of ketones is 2. The molecular formula is C21H22INO7S. The topological polar surface area (TPSA) is 158 Å². The molecule has 1 fully saturated rings. The van der Waals surface area contributed by atoms with Crippen LogP contribution in [-0.4, -0.2) is 55.9 Å². The van der Waals surface area contributed by atoms with Crippen molar-refractivity contribution in [2.75, 3.05) is 6.26 Å². The lowest BCUT2D eigenvalue weighted by Crippen LogP contribution is -2.63. The molecule has 1 amide bonds. The molecule has 0 heterocycles. The fourth-order valence-corrected chi connectivity index (χ4v) is 6.66. The molecule has 31 heavy (non-hydrogen) atoms. The summed E-state index contributed by atoms with van der Waals surface area (Å²) in [5.74, 6) is -6.33. The third kappa shape index (κ3) is 3.13. The van der Waals surface area contributed by atoms with Gasteiger partial charge in [-0.3, -0.25) is 14.4 Å². The van der Waals surface area contributed by atoms with Crippen molar-refractivity contribution in [3.05, 3.63) is 37.7 Å². The molecular weight excluding hydrogens is 537 g/mol. The number of benzene rings is 1. The van der Waals surface area contributed by atoms with Gasteiger partial charge in [0.05, 0.1) is 11.7 Å². The maximum absolute atomic E-state index is 13.4. The molecule has 8 nitrogen and oxygen atoms in total. The maximum Gasteiger partial charge on any atom is 0.230 e. The summed E-state index contributed by atoms with van der Waals surface area (Å²) >= 11 is 3.60. The van der Waals surface area contributed by atoms with Crippen molar-refractivity contribution in [1.29, 1.82) is 0 Å². The third-order valence-electron chi connectivity index (χ3n) is 6.71. The molecule has 0 spiro atoms. The first-order chi connectivity index (χ1) is 14.5. The van der Waals surface area contributed by atoms with Crippen LogP contribution in [0, 0.1) is 21.3 Å². The molecule has 0 bridgehead atoms. The minimum absolute atomic E-state index is 0.0746. The highest BCUT2D eigenvalue weighted by atomic mass is 127. The lowest BCUT2D eigenvalue weighted by atomic mass is 9.58. The molecule has 0 aliphatic heterocycles. The van der Waals surface area contributed by atoms with E-state index in [1.165, 1.54) is 11.8 Å². The summed E-state index contributed by atoms with van der Waals surface area (Å²) < 4.78 is 0.815. The minimum Gasteiger partial charge on any atom is -0.508 e. The molecule has 10 heteroatoms. The van der Waals surface area contributed by atoms with Crippen molar-refractivity contribution in [2.45, 2.75) is 36.7 Å². The van der Waals surface area contributed by atoms with Gasteiger partial charge in [0.15, 0.2) is 17.2 Å². The number of aliphatic hydroxyl groups is 3. The number of nitrogens with two attached hydrogens (primary N) is 1. The highest BCUT2D eigenvalue weighted by molar-refractivity contribution is 14.1. The van der Waals surface area contributed by atoms with Crippen LogP contribution >= 0.6 is 34.4 Å². The van der Waals surface area contributed by atoms with E-state index >= 15 is 0 Å². The first-order valence-corrected chi connectivity index (χ1v) is 12.3. The van der Waals surface area contributed by atoms with Gasteiger partial charge in [-0.05, 0) is 65.7 Å². The summed E-state index contributed by atoms with van der Waals surface area (Å²) in [6, 6.07) is 1.83. The number of halogens is 1. The molecule has 3 aliphatic carbocycles. The molecule has 5 unspecified atom stereocenters. The number of phenols is 1. The van der Waals surface area contributed by atoms with E-state index in [0.717, 1.165) is 3.57 Å². The van der Waals surface area contributed by atoms with Crippen LogP contribution in [0.5, 0.6) is 5.75 Å². The number of primary amides is 1. The summed E-state index contributed by atoms with van der Waals surface area (Å²) in [6.45, 7) is 0. The van der Waals surface area contributed by atoms with E-state index < -0.39 is 52.7 Å². The van der Waals surface area contributed by atoms with Crippen LogP contribution in [0.3, 0.4) is 0 Å². The van der Waals surface area contributed by atoms with Crippen molar-refractivity contribution in [3.63, 3.8) is 0 Å². The van der Waals surface area contributed by atoms with Gasteiger partial charge in [0.1, 0.15) is 17.4 Å². The standard InChI is InChI=1S/C21H22INO7S/c1-31-6-8-4-11(22)10-3-7-2-9-5-12(24)15(20(23)29)19(28)21(9,30)18(27)13(7)17(26)14(10)16(8)25/h4,7,9,12,15,24-25,27,30H,2-3,5-6H2,1H3,(H2,23,29). The highest BCUT2D eigenvalue weighted by Gasteiger charge is 2.62. The van der Waals surface area contributed by atoms with Crippen molar-refractivity contribution < 1.29 is 34.8 Å². The lowest BCUT2D eigenvalue weighted by Gasteiger charge is -2.48. The lowest BCUT2D eigenvalue weighted by molar-refractivity contribution is -0.167. The van der Waals surface area contributed by atoms with Crippen LogP contribution in [0.2, 0.25) is 0 Å². The van der Waals surface area contributed by atoms with E-state index in [1.54, 1.807) is 0 Å². The van der Waals surface area contributed by atoms with E-state index in [4.69, 9.17) is 5.73 Å². The number of Topliss-reactive ketones (excluding diaryl/α,β-unsaturated/α-hetero) is 2. The predicted octanol–water partition coefficient (Wildman–Crippen LogP) is 1.21. The van der Waals surface area contributed by atoms with Crippen molar-refractivity contribution in [2.24, 2.45) is 23.5 Å². The monoisotopic (exact) mass is 559 g/mol. The second-order valence-corrected chi connectivity index (χ2v) is 10.4. The first kappa shape index (κ1) is 22.6. The largest absolute Gasteiger partial charge is 0.508 e. The highest BCUT2D eigenvalue weighted by Crippen LogP contribution is 2.52. The number of fused-ring (bicyclic) bond motifs is 3. The van der Waals surface area contributed by atoms with Crippen molar-refractivity contribution in [3.8, 4) is 5.75 Å². The Labute approximate surface area is 196 Å². The van der Waals surface area contributed by atoms with E-state index in [0.29, 0.717) is 23.3 Å². The zero-order valence-corrected chi connectivity index (χ0v) is 19.6. The number of amides is 1. The quantitative estimate of drug-likeness (QED) is 0.273. The number of carbonyl (C=O) groups is 3. The number of rotatable bonds is 3. The van der Waals surface area contributed by atoms with Gasteiger partial charge in [0.25, 0.3) is 0 Å². The number of hydrogen-bond acceptors (Lipinski definition) is 8. The van der Waals surface area contributed by atoms with Crippen LogP contribution in [0.1, 0.15) is 34.3 Å². The molecule has 1 aromatic carbocycles. The minimum atomic E-state index is -2.47. The Hall–Kier alpha value is -1.63. The van der Waals surface area contributed by atoms with Gasteiger partial charge >= 0.3 is 0 Å². The molecule has 1 aromatic rings. The van der Waals surface area contributed by atoms with Crippen LogP contribution < -0.4 is 5.73 Å². The molecule has 0 aromatic heterocycles. The number of carbonyl (C=O) groups excluding carboxylic acids is 3. The maximum atomic E-state index is 13.4. The summed E-state index contributed by atoms with van der Waals surface area (Å²) in [6.07, 6.45) is 0.891. The first-order valence-electron chi connectivity index (χ1n) is 9.78. The van der Waals surface area contributed by atoms with Gasteiger partial charge in [-0.2, -0.15) is 11.8 Å². The van der Waals surface area contributed by atoms with E-state index in [2.05, 4.69) is 22.6 Å². The van der Waals surface area contributed by atoms with E-state index in [-0.39, 0.29) is 29.7 Å². The zero-order chi connectivity index (χ0) is 22.8. The number of phenolic OH excluding ortho intramolecular Hbond substituents is 1. The molecule has 1 saturated carbocycles. The molecule has 4 rings (SSSR count). The summed E-state index contributed by atoms with van der Waals surface area (Å²) in [4.78, 5) is 38.1. The summed E-state index contributed by atoms with van der Waals surface area (Å²) in [5.41, 5.74) is 3.98. The number of hydrogen-bond donors (Lipinski definition) is 5. The molecule has 5 atom stereocenters. The molecule has 0 radical (unpaired) electrons. The van der Waals surface area contributed by atoms with Crippen LogP contribution in [-0.2, 0) is 21.8 Å². The Balaban J connectivity index is 1.89. The van der Waals surface area contributed by atoms with Gasteiger partial charge in [0, 0.05) is 26.4 Å². The third-order valence-corrected chi connectivity index (χ3v) is 8.28. The van der Waals surface area contributed by atoms with E-state index in [1.807, 2.05) is 12.3 Å². The number of aliphatic hydroxyl groups excluding tert-OH is 2. The average Bonchev–Trinajstić information content (AvgIpc) is 2.68. The molecule has 166 valence electrons. The Morgan fingerprint density at radius 2 is 2.00 bits per heavy atom. The number of allylic oxidation sites excluding steroid dienone is 1. The zero-order valence-electron chi connectivity index (χ0n) is 16.6. The summed E-state index contributed by atoms with van der Waals surface area (Å²) in [5, 5.41) is 43.3. The predicted molar refractivity (Wildman–Crippen MR) is 121 cm³/mol. The molecule has 6 N–H and O–H groups in total. The number of thioether (sulfide) groups is 1. The van der Waals surface area contributed by atoms with Gasteiger partial charge in [-0.1, -0.05) is 0 Å². The Bertz CT molecular complexity index is 1050. The fourth-order valence-electron chi connectivity index (χ4n) is 5.27. The van der Waals surface area contributed by atoms with Gasteiger partial charge in [0.2, 0.25) is 5.91 Å². The van der Waals surface area contributed by atoms with Gasteiger partial charge < -0.3 is 26.2 Å². The number of aromatic hydroxyl groups is 1. The second-order valence-electron chi connectivity index (χ2n) is 8.39. The Kier molecular flexibility index (Phi) is 5.64. The average molecular weight is 559 g/mol. The van der Waals surface area contributed by atoms with E-state index in [9.17, 15) is 34.8 Å². The van der Waals surface area contributed by atoms with Crippen LogP contribution in [0.25, 0.3) is 0 Å². The fraction of sp³-hybridized carbons (Fsp3) is 0.476. The Morgan fingerprint density at radius 1 is 1.32 bits per heavy atom. The van der Waals surface area contributed by atoms with Crippen LogP contribution in [0.15, 0.2) is 17.4 Å². The smallest absolute Gasteiger partial charge is 0.230 e. The normalized spacial score (nSPS) is 32.4. The molecule has 3 aliphatic rings. The second kappa shape index (κ2) is 7.75. The van der Waals surface area contributed by atoms with Crippen molar-refractivity contribution in [1.82, 2.24) is 0 Å². The summed E-state index contributed by atoms with van der Waals surface area (Å²) in [7, 11) is 0. The van der Waals surface area contributed by atoms with Gasteiger partial charge in [-0.25, -0.2) is 0 Å². The SMILES string of the molecule is CSCc1cc(I)c2c(c1O)C(=O)C1=C(O)C3(O)C(=O)C(C(N)=O)C(O)CC3CC1C2. The van der Waals surface area contributed by atoms with Gasteiger partial charge in [-0.15, -0.1) is 0 Å². The Morgan fingerprint density at radius 3 is 2.61 bits per heavy atom.